The number of piperidine rings is 1. The normalized spacial score (nSPS) is 15.9. The van der Waals surface area contributed by atoms with Crippen molar-refractivity contribution < 1.29 is 13.2 Å². The summed E-state index contributed by atoms with van der Waals surface area (Å²) < 4.78 is 26.6. The number of nitrogens with one attached hydrogen (secondary N) is 1. The van der Waals surface area contributed by atoms with E-state index >= 15 is 0 Å². The Morgan fingerprint density at radius 3 is 2.42 bits per heavy atom. The van der Waals surface area contributed by atoms with E-state index in [0.29, 0.717) is 25.9 Å². The standard InChI is InChI=1S/C23H23N3O3S2/c27-22(25-21-8-6-20(7-9-21)23-24-13-16-30-23)19-10-14-26(15-11-19)31(28,29)17-12-18-4-2-1-3-5-18/h1-9,12-13,16-17,19H,10-11,14-15H2,(H,25,27)/b17-12+. The third kappa shape index (κ3) is 5.46. The Morgan fingerprint density at radius 2 is 1.77 bits per heavy atom. The predicted molar refractivity (Wildman–Crippen MR) is 125 cm³/mol. The Balaban J connectivity index is 1.31. The van der Waals surface area contributed by atoms with Crippen molar-refractivity contribution in [3.05, 3.63) is 77.1 Å². The highest BCUT2D eigenvalue weighted by molar-refractivity contribution is 7.92. The number of carbonyl (C=O) groups is 1. The Morgan fingerprint density at radius 1 is 1.06 bits per heavy atom. The van der Waals surface area contributed by atoms with Crippen LogP contribution in [0.1, 0.15) is 18.4 Å². The van der Waals surface area contributed by atoms with Gasteiger partial charge in [0.1, 0.15) is 5.01 Å². The average Bonchev–Trinajstić information content (AvgIpc) is 3.34. The summed E-state index contributed by atoms with van der Waals surface area (Å²) in [6.07, 6.45) is 4.37. The highest BCUT2D eigenvalue weighted by Crippen LogP contribution is 2.25. The number of carbonyl (C=O) groups excluding carboxylic acids is 1. The summed E-state index contributed by atoms with van der Waals surface area (Å²) in [6.45, 7) is 0.672. The van der Waals surface area contributed by atoms with E-state index in [2.05, 4.69) is 10.3 Å². The summed E-state index contributed by atoms with van der Waals surface area (Å²) >= 11 is 1.57. The minimum Gasteiger partial charge on any atom is -0.326 e. The van der Waals surface area contributed by atoms with Gasteiger partial charge in [0.05, 0.1) is 0 Å². The van der Waals surface area contributed by atoms with Crippen molar-refractivity contribution in [2.45, 2.75) is 12.8 Å². The second kappa shape index (κ2) is 9.55. The van der Waals surface area contributed by atoms with Gasteiger partial charge in [0, 0.05) is 47.2 Å². The molecule has 0 radical (unpaired) electrons. The van der Waals surface area contributed by atoms with Crippen LogP contribution in [0.25, 0.3) is 16.6 Å². The van der Waals surface area contributed by atoms with Crippen molar-refractivity contribution in [2.75, 3.05) is 18.4 Å². The van der Waals surface area contributed by atoms with Gasteiger partial charge in [0.2, 0.25) is 15.9 Å². The number of hydrogen-bond donors (Lipinski definition) is 1. The summed E-state index contributed by atoms with van der Waals surface area (Å²) in [4.78, 5) is 16.9. The van der Waals surface area contributed by atoms with Gasteiger partial charge < -0.3 is 5.32 Å². The van der Waals surface area contributed by atoms with E-state index in [-0.39, 0.29) is 11.8 Å². The number of anilines is 1. The molecule has 1 saturated heterocycles. The molecule has 1 amide bonds. The Kier molecular flexibility index (Phi) is 6.60. The van der Waals surface area contributed by atoms with Gasteiger partial charge in [0.25, 0.3) is 0 Å². The van der Waals surface area contributed by atoms with E-state index in [0.717, 1.165) is 21.8 Å². The molecule has 6 nitrogen and oxygen atoms in total. The van der Waals surface area contributed by atoms with Gasteiger partial charge in [-0.15, -0.1) is 11.3 Å². The molecule has 1 aromatic heterocycles. The van der Waals surface area contributed by atoms with E-state index in [1.807, 2.05) is 60.0 Å². The summed E-state index contributed by atoms with van der Waals surface area (Å²) in [5.74, 6) is -0.276. The van der Waals surface area contributed by atoms with Gasteiger partial charge in [-0.25, -0.2) is 13.4 Å². The van der Waals surface area contributed by atoms with E-state index in [1.165, 1.54) is 9.71 Å². The first-order chi connectivity index (χ1) is 15.0. The molecule has 3 aromatic rings. The topological polar surface area (TPSA) is 79.4 Å². The first kappa shape index (κ1) is 21.4. The maximum absolute atomic E-state index is 12.6. The van der Waals surface area contributed by atoms with E-state index in [4.69, 9.17) is 0 Å². The molecule has 4 rings (SSSR count). The first-order valence-electron chi connectivity index (χ1n) is 10.1. The Hall–Kier alpha value is -2.81. The van der Waals surface area contributed by atoms with Crippen molar-refractivity contribution in [1.82, 2.24) is 9.29 Å². The lowest BCUT2D eigenvalue weighted by molar-refractivity contribution is -0.120. The van der Waals surface area contributed by atoms with Crippen molar-refractivity contribution >= 4 is 39.0 Å². The molecule has 1 aliphatic heterocycles. The Bertz CT molecular complexity index is 1130. The van der Waals surface area contributed by atoms with Gasteiger partial charge in [-0.1, -0.05) is 30.3 Å². The van der Waals surface area contributed by atoms with Gasteiger partial charge in [-0.05, 0) is 48.7 Å². The number of hydrogen-bond acceptors (Lipinski definition) is 5. The smallest absolute Gasteiger partial charge is 0.236 e. The predicted octanol–water partition coefficient (Wildman–Crippen LogP) is 4.46. The van der Waals surface area contributed by atoms with Crippen LogP contribution in [-0.4, -0.2) is 36.7 Å². The fourth-order valence-corrected chi connectivity index (χ4v) is 5.36. The molecular weight excluding hydrogens is 430 g/mol. The Labute approximate surface area is 186 Å². The number of thiazole rings is 1. The molecule has 0 atom stereocenters. The van der Waals surface area contributed by atoms with Crippen LogP contribution in [0.15, 0.2) is 71.6 Å². The monoisotopic (exact) mass is 453 g/mol. The van der Waals surface area contributed by atoms with Crippen LogP contribution in [0.5, 0.6) is 0 Å². The van der Waals surface area contributed by atoms with Gasteiger partial charge >= 0.3 is 0 Å². The van der Waals surface area contributed by atoms with Crippen molar-refractivity contribution in [3.8, 4) is 10.6 Å². The molecule has 2 aromatic carbocycles. The van der Waals surface area contributed by atoms with E-state index in [1.54, 1.807) is 23.6 Å². The lowest BCUT2D eigenvalue weighted by atomic mass is 9.97. The number of rotatable bonds is 6. The number of nitrogens with zero attached hydrogens (tertiary/aromatic N) is 2. The average molecular weight is 454 g/mol. The largest absolute Gasteiger partial charge is 0.326 e. The van der Waals surface area contributed by atoms with Crippen LogP contribution in [0.3, 0.4) is 0 Å². The van der Waals surface area contributed by atoms with Gasteiger partial charge in [-0.2, -0.15) is 4.31 Å². The number of aromatic nitrogens is 1. The lowest BCUT2D eigenvalue weighted by Gasteiger charge is -2.29. The minimum absolute atomic E-state index is 0.0705. The number of sulfonamides is 1. The fourth-order valence-electron chi connectivity index (χ4n) is 3.49. The molecule has 0 spiro atoms. The number of amides is 1. The van der Waals surface area contributed by atoms with Crippen LogP contribution in [-0.2, 0) is 14.8 Å². The molecule has 0 bridgehead atoms. The molecule has 8 heteroatoms. The zero-order chi connectivity index (χ0) is 21.7. The molecule has 1 N–H and O–H groups in total. The molecular formula is C23H23N3O3S2. The SMILES string of the molecule is O=C(Nc1ccc(-c2nccs2)cc1)C1CCN(S(=O)(=O)/C=C/c2ccccc2)CC1. The molecule has 0 saturated carbocycles. The summed E-state index contributed by atoms with van der Waals surface area (Å²) in [5.41, 5.74) is 2.57. The minimum atomic E-state index is -3.50. The maximum atomic E-state index is 12.6. The number of benzene rings is 2. The van der Waals surface area contributed by atoms with Crippen LogP contribution < -0.4 is 5.32 Å². The van der Waals surface area contributed by atoms with Crippen molar-refractivity contribution in [2.24, 2.45) is 5.92 Å². The second-order valence-corrected chi connectivity index (χ2v) is 10.0. The summed E-state index contributed by atoms with van der Waals surface area (Å²) in [7, 11) is -3.50. The molecule has 31 heavy (non-hydrogen) atoms. The van der Waals surface area contributed by atoms with Crippen LogP contribution in [0.2, 0.25) is 0 Å². The summed E-state index contributed by atoms with van der Waals surface area (Å²) in [6, 6.07) is 16.9. The molecule has 160 valence electrons. The quantitative estimate of drug-likeness (QED) is 0.598. The van der Waals surface area contributed by atoms with Crippen molar-refractivity contribution in [1.29, 1.82) is 0 Å². The highest BCUT2D eigenvalue weighted by atomic mass is 32.2. The molecule has 2 heterocycles. The third-order valence-electron chi connectivity index (χ3n) is 5.25. The maximum Gasteiger partial charge on any atom is 0.236 e. The van der Waals surface area contributed by atoms with Crippen LogP contribution in [0.4, 0.5) is 5.69 Å². The summed E-state index contributed by atoms with van der Waals surface area (Å²) in [5, 5.41) is 7.05. The van der Waals surface area contributed by atoms with Gasteiger partial charge in [0.15, 0.2) is 0 Å². The first-order valence-corrected chi connectivity index (χ1v) is 12.4. The van der Waals surface area contributed by atoms with Crippen LogP contribution >= 0.6 is 11.3 Å². The molecule has 1 fully saturated rings. The molecule has 0 aliphatic carbocycles. The zero-order valence-corrected chi connectivity index (χ0v) is 18.5. The van der Waals surface area contributed by atoms with Crippen LogP contribution in [0, 0.1) is 5.92 Å². The molecule has 1 aliphatic rings. The van der Waals surface area contributed by atoms with E-state index in [9.17, 15) is 13.2 Å². The van der Waals surface area contributed by atoms with E-state index < -0.39 is 10.0 Å². The highest BCUT2D eigenvalue weighted by Gasteiger charge is 2.30. The van der Waals surface area contributed by atoms with Crippen molar-refractivity contribution in [3.63, 3.8) is 0 Å². The molecule has 0 unspecified atom stereocenters. The third-order valence-corrected chi connectivity index (χ3v) is 7.64. The fraction of sp³-hybridized carbons (Fsp3) is 0.217. The zero-order valence-electron chi connectivity index (χ0n) is 16.8. The van der Waals surface area contributed by atoms with Gasteiger partial charge in [-0.3, -0.25) is 4.79 Å². The lowest BCUT2D eigenvalue weighted by Crippen LogP contribution is -2.40. The second-order valence-electron chi connectivity index (χ2n) is 7.34.